The number of hydrogen-bond acceptors (Lipinski definition) is 5. The number of carbonyl (C=O) groups is 3. The zero-order chi connectivity index (χ0) is 28.0. The lowest BCUT2D eigenvalue weighted by atomic mass is 9.81. The maximum absolute atomic E-state index is 13.3. The Balaban J connectivity index is 0.00000112. The molecule has 1 saturated heterocycles. The van der Waals surface area contributed by atoms with Crippen molar-refractivity contribution in [2.24, 2.45) is 29.1 Å². The second-order valence-electron chi connectivity index (χ2n) is 10.8. The summed E-state index contributed by atoms with van der Waals surface area (Å²) in [7, 11) is 0. The highest BCUT2D eigenvalue weighted by atomic mass is 19.4. The Kier molecular flexibility index (Phi) is 9.19. The highest BCUT2D eigenvalue weighted by Crippen LogP contribution is 2.72. The summed E-state index contributed by atoms with van der Waals surface area (Å²) in [4.78, 5) is 37.4. The quantitative estimate of drug-likeness (QED) is 0.233. The molecule has 1 aromatic carbocycles. The average molecular weight is 552 g/mol. The molecule has 0 unspecified atom stereocenters. The Bertz CT molecular complexity index is 1040. The van der Waals surface area contributed by atoms with Crippen molar-refractivity contribution in [3.8, 4) is 5.75 Å². The van der Waals surface area contributed by atoms with Crippen molar-refractivity contribution in [3.63, 3.8) is 0 Å². The molecule has 2 saturated carbocycles. The number of ether oxygens (including phenoxy) is 1. The van der Waals surface area contributed by atoms with Gasteiger partial charge >= 0.3 is 6.36 Å². The number of halogens is 3. The minimum atomic E-state index is -4.74. The molecule has 1 aromatic rings. The first-order valence-corrected chi connectivity index (χ1v) is 13.6. The van der Waals surface area contributed by atoms with Gasteiger partial charge in [0.15, 0.2) is 0 Å². The maximum Gasteiger partial charge on any atom is 0.573 e. The van der Waals surface area contributed by atoms with Crippen LogP contribution in [0.5, 0.6) is 5.75 Å². The van der Waals surface area contributed by atoms with Crippen LogP contribution in [-0.4, -0.2) is 60.8 Å². The van der Waals surface area contributed by atoms with Gasteiger partial charge < -0.3 is 25.4 Å². The summed E-state index contributed by atoms with van der Waals surface area (Å²) in [5.41, 5.74) is 0.716. The number of alkyl halides is 3. The van der Waals surface area contributed by atoms with E-state index >= 15 is 0 Å². The fraction of sp³-hybridized carbons (Fsp3) is 0.607. The molecule has 1 spiro atoms. The van der Waals surface area contributed by atoms with E-state index in [1.54, 1.807) is 0 Å². The fourth-order valence-corrected chi connectivity index (χ4v) is 6.62. The molecule has 214 valence electrons. The molecular formula is C28H36F3N3O5. The van der Waals surface area contributed by atoms with Crippen molar-refractivity contribution in [1.29, 1.82) is 0 Å². The molecule has 2 amide bonds. The molecule has 5 rings (SSSR count). The summed E-state index contributed by atoms with van der Waals surface area (Å²) < 4.78 is 41.0. The predicted molar refractivity (Wildman–Crippen MR) is 136 cm³/mol. The molecular weight excluding hydrogens is 515 g/mol. The number of nitrogens with one attached hydrogen (secondary N) is 2. The van der Waals surface area contributed by atoms with Gasteiger partial charge in [0.25, 0.3) is 6.47 Å². The summed E-state index contributed by atoms with van der Waals surface area (Å²) in [6.45, 7) is 3.98. The Morgan fingerprint density at radius 1 is 1.00 bits per heavy atom. The first-order valence-electron chi connectivity index (χ1n) is 13.6. The van der Waals surface area contributed by atoms with Crippen LogP contribution in [0.1, 0.15) is 44.1 Å². The van der Waals surface area contributed by atoms with Crippen LogP contribution >= 0.6 is 0 Å². The van der Waals surface area contributed by atoms with E-state index in [1.165, 1.54) is 50.2 Å². The van der Waals surface area contributed by atoms with E-state index in [0.29, 0.717) is 12.1 Å². The van der Waals surface area contributed by atoms with Crippen LogP contribution in [0.15, 0.2) is 36.4 Å². The number of likely N-dealkylation sites (tertiary alicyclic amines) is 1. The fourth-order valence-electron chi connectivity index (χ4n) is 6.62. The number of allylic oxidation sites excluding steroid dienone is 2. The first kappa shape index (κ1) is 28.9. The second-order valence-corrected chi connectivity index (χ2v) is 10.8. The normalized spacial score (nSPS) is 26.1. The van der Waals surface area contributed by atoms with Gasteiger partial charge in [0, 0.05) is 13.1 Å². The van der Waals surface area contributed by atoms with Gasteiger partial charge in [-0.2, -0.15) is 0 Å². The number of hydrogen-bond donors (Lipinski definition) is 3. The molecule has 4 atom stereocenters. The maximum atomic E-state index is 13.3. The minimum absolute atomic E-state index is 0.0342. The van der Waals surface area contributed by atoms with Crippen molar-refractivity contribution < 1.29 is 37.4 Å². The zero-order valence-electron chi connectivity index (χ0n) is 21.8. The number of carbonyl (C=O) groups excluding carboxylic acids is 2. The van der Waals surface area contributed by atoms with Crippen LogP contribution in [0.2, 0.25) is 0 Å². The topological polar surface area (TPSA) is 108 Å². The number of unbranched alkanes of at least 4 members (excludes halogenated alkanes) is 1. The summed E-state index contributed by atoms with van der Waals surface area (Å²) in [5, 5.41) is 12.9. The lowest BCUT2D eigenvalue weighted by Crippen LogP contribution is -2.44. The Hall–Kier alpha value is -3.08. The number of carboxylic acid groups (broad SMARTS) is 1. The third kappa shape index (κ3) is 6.93. The van der Waals surface area contributed by atoms with E-state index in [0.717, 1.165) is 32.2 Å². The smallest absolute Gasteiger partial charge is 0.483 e. The summed E-state index contributed by atoms with van der Waals surface area (Å²) >= 11 is 0. The first-order chi connectivity index (χ1) is 18.7. The molecule has 8 nitrogen and oxygen atoms in total. The van der Waals surface area contributed by atoms with Gasteiger partial charge in [0.1, 0.15) is 5.75 Å². The monoisotopic (exact) mass is 551 g/mol. The minimum Gasteiger partial charge on any atom is -0.483 e. The molecule has 0 aromatic heterocycles. The lowest BCUT2D eigenvalue weighted by molar-refractivity contribution is -0.274. The molecule has 1 heterocycles. The van der Waals surface area contributed by atoms with Crippen molar-refractivity contribution in [2.75, 3.05) is 26.2 Å². The predicted octanol–water partition coefficient (Wildman–Crippen LogP) is 3.72. The van der Waals surface area contributed by atoms with Crippen LogP contribution in [0.4, 0.5) is 13.2 Å². The van der Waals surface area contributed by atoms with Crippen molar-refractivity contribution in [3.05, 3.63) is 42.0 Å². The Morgan fingerprint density at radius 2 is 1.56 bits per heavy atom. The lowest BCUT2D eigenvalue weighted by Gasteiger charge is -2.26. The zero-order valence-corrected chi connectivity index (χ0v) is 21.8. The van der Waals surface area contributed by atoms with E-state index in [-0.39, 0.29) is 53.7 Å². The molecule has 3 fully saturated rings. The third-order valence-corrected chi connectivity index (χ3v) is 8.47. The molecule has 39 heavy (non-hydrogen) atoms. The van der Waals surface area contributed by atoms with Gasteiger partial charge in [0.05, 0.1) is 11.8 Å². The molecule has 11 heteroatoms. The van der Waals surface area contributed by atoms with Gasteiger partial charge in [0.2, 0.25) is 11.8 Å². The standard InChI is InChI=1S/C27H34F3N3O3.CH2O2/c28-27(29,30)36-19-7-5-18(6-8-19)17-32-25(35)23-21-10-9-20(26(21)11-12-26)22(23)24(34)31-13-1-2-14-33-15-3-4-16-33;2-1-3/h5-10,20-23H,1-4,11-17H2,(H,31,34)(H,32,35);1H,(H,2,3)/t20-,21+,22-,23-;/m1./s1. The van der Waals surface area contributed by atoms with E-state index in [2.05, 4.69) is 32.4 Å². The van der Waals surface area contributed by atoms with Gasteiger partial charge in [-0.3, -0.25) is 14.4 Å². The second kappa shape index (κ2) is 12.4. The number of amides is 2. The molecule has 3 N–H and O–H groups in total. The number of nitrogens with zero attached hydrogens (tertiary/aromatic N) is 1. The Morgan fingerprint density at radius 3 is 2.10 bits per heavy atom. The van der Waals surface area contributed by atoms with E-state index in [9.17, 15) is 22.8 Å². The van der Waals surface area contributed by atoms with Crippen LogP contribution < -0.4 is 15.4 Å². The molecule has 3 aliphatic carbocycles. The third-order valence-electron chi connectivity index (χ3n) is 8.47. The van der Waals surface area contributed by atoms with Gasteiger partial charge in [-0.05, 0) is 93.1 Å². The number of rotatable bonds is 10. The van der Waals surface area contributed by atoms with Crippen LogP contribution in [-0.2, 0) is 20.9 Å². The van der Waals surface area contributed by atoms with Crippen LogP contribution in [0.3, 0.4) is 0 Å². The van der Waals surface area contributed by atoms with Gasteiger partial charge in [-0.1, -0.05) is 24.3 Å². The van der Waals surface area contributed by atoms with Crippen LogP contribution in [0.25, 0.3) is 0 Å². The van der Waals surface area contributed by atoms with Gasteiger partial charge in [-0.15, -0.1) is 13.2 Å². The molecule has 4 aliphatic rings. The molecule has 2 bridgehead atoms. The molecule has 1 aliphatic heterocycles. The largest absolute Gasteiger partial charge is 0.573 e. The van der Waals surface area contributed by atoms with E-state index in [1.807, 2.05) is 0 Å². The summed E-state index contributed by atoms with van der Waals surface area (Å²) in [6, 6.07) is 5.45. The van der Waals surface area contributed by atoms with E-state index in [4.69, 9.17) is 9.90 Å². The van der Waals surface area contributed by atoms with E-state index < -0.39 is 12.3 Å². The van der Waals surface area contributed by atoms with Gasteiger partial charge in [-0.25, -0.2) is 0 Å². The molecule has 0 radical (unpaired) electrons. The van der Waals surface area contributed by atoms with Crippen molar-refractivity contribution in [1.82, 2.24) is 15.5 Å². The SMILES string of the molecule is O=C(NCCCCN1CCCC1)[C@H]1[C@H](C(=O)NCc2ccc(OC(F)(F)F)cc2)[C@@H]2C=C[C@H]1C21CC1.O=CO. The highest BCUT2D eigenvalue weighted by Gasteiger charge is 2.69. The Labute approximate surface area is 226 Å². The van der Waals surface area contributed by atoms with Crippen LogP contribution in [0, 0.1) is 29.1 Å². The van der Waals surface area contributed by atoms with Crippen molar-refractivity contribution >= 4 is 18.3 Å². The summed E-state index contributed by atoms with van der Waals surface area (Å²) in [6.07, 6.45) is 6.12. The number of benzene rings is 1. The average Bonchev–Trinajstić information content (AvgIpc) is 3.25. The van der Waals surface area contributed by atoms with Crippen molar-refractivity contribution in [2.45, 2.75) is 51.4 Å². The highest BCUT2D eigenvalue weighted by molar-refractivity contribution is 5.90. The summed E-state index contributed by atoms with van der Waals surface area (Å²) in [5.74, 6) is -1.12.